The van der Waals surface area contributed by atoms with Gasteiger partial charge in [0.2, 0.25) is 5.91 Å². The smallest absolute Gasteiger partial charge is 0.335 e. The van der Waals surface area contributed by atoms with E-state index >= 15 is 0 Å². The third-order valence-electron chi connectivity index (χ3n) is 4.35. The Morgan fingerprint density at radius 2 is 2.00 bits per heavy atom. The lowest BCUT2D eigenvalue weighted by atomic mass is 10.1. The molecule has 2 aromatic carbocycles. The molecular weight excluding hydrogens is 364 g/mol. The van der Waals surface area contributed by atoms with Crippen LogP contribution in [0.4, 0.5) is 11.4 Å². The maximum Gasteiger partial charge on any atom is 0.335 e. The fourth-order valence-corrected chi connectivity index (χ4v) is 2.96. The van der Waals surface area contributed by atoms with Crippen LogP contribution in [0, 0.1) is 6.92 Å². The number of aryl methyl sites for hydroxylation is 1. The number of ether oxygens (including phenoxy) is 2. The first kappa shape index (κ1) is 19.2. The number of carboxylic acid groups (broad SMARTS) is 1. The molecule has 0 saturated carbocycles. The maximum atomic E-state index is 12.6. The van der Waals surface area contributed by atoms with E-state index in [2.05, 4.69) is 5.32 Å². The number of carboxylic acids is 1. The van der Waals surface area contributed by atoms with Gasteiger partial charge in [-0.2, -0.15) is 0 Å². The summed E-state index contributed by atoms with van der Waals surface area (Å²) >= 11 is 0. The van der Waals surface area contributed by atoms with Gasteiger partial charge in [0.15, 0.2) is 6.10 Å². The number of benzene rings is 2. The normalized spacial score (nSPS) is 15.5. The number of methoxy groups -OCH3 is 1. The molecule has 8 heteroatoms. The lowest BCUT2D eigenvalue weighted by Crippen LogP contribution is -2.47. The molecule has 0 aliphatic carbocycles. The van der Waals surface area contributed by atoms with Gasteiger partial charge in [-0.15, -0.1) is 0 Å². The van der Waals surface area contributed by atoms with Crippen molar-refractivity contribution in [2.45, 2.75) is 20.0 Å². The predicted molar refractivity (Wildman–Crippen MR) is 102 cm³/mol. The standard InChI is InChI=1S/C20H20N2O6/c1-11-4-6-16(27-3)14(8-11)21-18(23)10-22-15-9-13(20(25)26)5-7-17(15)28-12(2)19(22)24/h4-9,12H,10H2,1-3H3,(H,21,23)(H,25,26). The SMILES string of the molecule is COc1ccc(C)cc1NC(=O)CN1C(=O)C(C)Oc2ccc(C(=O)O)cc21. The van der Waals surface area contributed by atoms with Crippen LogP contribution < -0.4 is 19.7 Å². The Labute approximate surface area is 161 Å². The van der Waals surface area contributed by atoms with E-state index in [4.69, 9.17) is 9.47 Å². The number of rotatable bonds is 5. The second kappa shape index (κ2) is 7.59. The van der Waals surface area contributed by atoms with Crippen molar-refractivity contribution in [3.05, 3.63) is 47.5 Å². The molecule has 1 heterocycles. The number of carbonyl (C=O) groups excluding carboxylic acids is 2. The van der Waals surface area contributed by atoms with Crippen LogP contribution in [0.3, 0.4) is 0 Å². The van der Waals surface area contributed by atoms with Crippen molar-refractivity contribution in [2.75, 3.05) is 23.9 Å². The molecule has 0 fully saturated rings. The van der Waals surface area contributed by atoms with Crippen LogP contribution in [-0.2, 0) is 9.59 Å². The number of aromatic carboxylic acids is 1. The Morgan fingerprint density at radius 1 is 1.25 bits per heavy atom. The first-order chi connectivity index (χ1) is 13.3. The van der Waals surface area contributed by atoms with E-state index in [0.717, 1.165) is 5.56 Å². The van der Waals surface area contributed by atoms with E-state index in [-0.39, 0.29) is 17.8 Å². The molecule has 0 aromatic heterocycles. The summed E-state index contributed by atoms with van der Waals surface area (Å²) in [5.41, 5.74) is 1.66. The average Bonchev–Trinajstić information content (AvgIpc) is 2.65. The van der Waals surface area contributed by atoms with Crippen LogP contribution in [0.25, 0.3) is 0 Å². The quantitative estimate of drug-likeness (QED) is 0.820. The average molecular weight is 384 g/mol. The summed E-state index contributed by atoms with van der Waals surface area (Å²) in [4.78, 5) is 37.7. The summed E-state index contributed by atoms with van der Waals surface area (Å²) in [6.07, 6.45) is -0.788. The first-order valence-corrected chi connectivity index (χ1v) is 8.60. The number of nitrogens with zero attached hydrogens (tertiary/aromatic N) is 1. The molecular formula is C20H20N2O6. The van der Waals surface area contributed by atoms with Gasteiger partial charge in [0.25, 0.3) is 5.91 Å². The number of carbonyl (C=O) groups is 3. The Bertz CT molecular complexity index is 956. The van der Waals surface area contributed by atoms with Crippen LogP contribution in [0.5, 0.6) is 11.5 Å². The van der Waals surface area contributed by atoms with Gasteiger partial charge in [0.05, 0.1) is 24.0 Å². The molecule has 8 nitrogen and oxygen atoms in total. The van der Waals surface area contributed by atoms with Gasteiger partial charge in [0, 0.05) is 0 Å². The van der Waals surface area contributed by atoms with Gasteiger partial charge in [0.1, 0.15) is 18.0 Å². The third-order valence-corrected chi connectivity index (χ3v) is 4.35. The highest BCUT2D eigenvalue weighted by Crippen LogP contribution is 2.35. The van der Waals surface area contributed by atoms with Crippen molar-refractivity contribution in [1.82, 2.24) is 0 Å². The number of fused-ring (bicyclic) bond motifs is 1. The fourth-order valence-electron chi connectivity index (χ4n) is 2.96. The minimum atomic E-state index is -1.14. The van der Waals surface area contributed by atoms with E-state index in [1.54, 1.807) is 19.1 Å². The van der Waals surface area contributed by atoms with Crippen molar-refractivity contribution in [3.63, 3.8) is 0 Å². The third kappa shape index (κ3) is 3.75. The van der Waals surface area contributed by atoms with Crippen molar-refractivity contribution in [1.29, 1.82) is 0 Å². The van der Waals surface area contributed by atoms with E-state index in [0.29, 0.717) is 17.2 Å². The van der Waals surface area contributed by atoms with E-state index < -0.39 is 23.9 Å². The van der Waals surface area contributed by atoms with Gasteiger partial charge < -0.3 is 19.9 Å². The minimum Gasteiger partial charge on any atom is -0.495 e. The molecule has 1 unspecified atom stereocenters. The molecule has 2 N–H and O–H groups in total. The molecule has 1 aliphatic heterocycles. The van der Waals surface area contributed by atoms with Crippen LogP contribution in [0.1, 0.15) is 22.8 Å². The fraction of sp³-hybridized carbons (Fsp3) is 0.250. The maximum absolute atomic E-state index is 12.6. The van der Waals surface area contributed by atoms with Gasteiger partial charge in [-0.05, 0) is 49.7 Å². The van der Waals surface area contributed by atoms with E-state index in [1.165, 1.54) is 30.2 Å². The Balaban J connectivity index is 1.88. The first-order valence-electron chi connectivity index (χ1n) is 8.60. The zero-order valence-electron chi connectivity index (χ0n) is 15.7. The van der Waals surface area contributed by atoms with Crippen LogP contribution >= 0.6 is 0 Å². The van der Waals surface area contributed by atoms with Crippen molar-refractivity contribution in [2.24, 2.45) is 0 Å². The topological polar surface area (TPSA) is 105 Å². The monoisotopic (exact) mass is 384 g/mol. The van der Waals surface area contributed by atoms with Gasteiger partial charge in [-0.25, -0.2) is 4.79 Å². The zero-order chi connectivity index (χ0) is 20.4. The molecule has 146 valence electrons. The number of anilines is 2. The number of nitrogens with one attached hydrogen (secondary N) is 1. The number of hydrogen-bond donors (Lipinski definition) is 2. The van der Waals surface area contributed by atoms with Gasteiger partial charge in [-0.1, -0.05) is 6.07 Å². The summed E-state index contributed by atoms with van der Waals surface area (Å²) in [5.74, 6) is -1.17. The van der Waals surface area contributed by atoms with E-state index in [1.807, 2.05) is 13.0 Å². The highest BCUT2D eigenvalue weighted by Gasteiger charge is 2.33. The zero-order valence-corrected chi connectivity index (χ0v) is 15.7. The van der Waals surface area contributed by atoms with Crippen LogP contribution in [-0.4, -0.2) is 42.6 Å². The largest absolute Gasteiger partial charge is 0.495 e. The van der Waals surface area contributed by atoms with Gasteiger partial charge >= 0.3 is 5.97 Å². The summed E-state index contributed by atoms with van der Waals surface area (Å²) in [6, 6.07) is 9.54. The lowest BCUT2D eigenvalue weighted by molar-refractivity contribution is -0.127. The van der Waals surface area contributed by atoms with Gasteiger partial charge in [-0.3, -0.25) is 14.5 Å². The molecule has 0 radical (unpaired) electrons. The molecule has 0 saturated heterocycles. The number of hydrogen-bond acceptors (Lipinski definition) is 5. The molecule has 0 bridgehead atoms. The Kier molecular flexibility index (Phi) is 5.21. The Hall–Kier alpha value is -3.55. The molecule has 2 aromatic rings. The highest BCUT2D eigenvalue weighted by molar-refractivity contribution is 6.07. The molecule has 1 aliphatic rings. The Morgan fingerprint density at radius 3 is 2.68 bits per heavy atom. The minimum absolute atomic E-state index is 0.00420. The second-order valence-corrected chi connectivity index (χ2v) is 6.42. The molecule has 1 atom stereocenters. The summed E-state index contributed by atoms with van der Waals surface area (Å²) in [6.45, 7) is 3.16. The number of amides is 2. The summed E-state index contributed by atoms with van der Waals surface area (Å²) in [7, 11) is 1.50. The van der Waals surface area contributed by atoms with Crippen molar-refractivity contribution in [3.8, 4) is 11.5 Å². The summed E-state index contributed by atoms with van der Waals surface area (Å²) in [5, 5.41) is 12.0. The van der Waals surface area contributed by atoms with Crippen LogP contribution in [0.15, 0.2) is 36.4 Å². The molecule has 3 rings (SSSR count). The molecule has 2 amide bonds. The second-order valence-electron chi connectivity index (χ2n) is 6.42. The van der Waals surface area contributed by atoms with Crippen molar-refractivity contribution >= 4 is 29.2 Å². The lowest BCUT2D eigenvalue weighted by Gasteiger charge is -2.32. The van der Waals surface area contributed by atoms with Crippen LogP contribution in [0.2, 0.25) is 0 Å². The van der Waals surface area contributed by atoms with Crippen molar-refractivity contribution < 1.29 is 29.0 Å². The highest BCUT2D eigenvalue weighted by atomic mass is 16.5. The molecule has 28 heavy (non-hydrogen) atoms. The van der Waals surface area contributed by atoms with E-state index in [9.17, 15) is 19.5 Å². The molecule has 0 spiro atoms. The summed E-state index contributed by atoms with van der Waals surface area (Å²) < 4.78 is 10.8. The predicted octanol–water partition coefficient (Wildman–Crippen LogP) is 2.45.